The van der Waals surface area contributed by atoms with Crippen molar-refractivity contribution < 1.29 is 0 Å². The third-order valence-electron chi connectivity index (χ3n) is 1.63. The summed E-state index contributed by atoms with van der Waals surface area (Å²) in [5.74, 6) is 0. The summed E-state index contributed by atoms with van der Waals surface area (Å²) in [7, 11) is 0. The highest BCUT2D eigenvalue weighted by molar-refractivity contribution is 4.89. The molecule has 0 amide bonds. The Labute approximate surface area is 77.4 Å². The van der Waals surface area contributed by atoms with E-state index in [9.17, 15) is 0 Å². The van der Waals surface area contributed by atoms with Crippen molar-refractivity contribution in [2.75, 3.05) is 6.54 Å². The quantitative estimate of drug-likeness (QED) is 0.699. The topological polar surface area (TPSA) is 66.5 Å². The first-order valence-electron chi connectivity index (χ1n) is 4.32. The largest absolute Gasteiger partial charge is 0.300 e. The van der Waals surface area contributed by atoms with Crippen LogP contribution in [0.3, 0.4) is 0 Å². The lowest BCUT2D eigenvalue weighted by molar-refractivity contribution is 0.490. The van der Waals surface area contributed by atoms with Crippen molar-refractivity contribution in [3.8, 4) is 6.07 Å². The molecule has 0 saturated heterocycles. The Morgan fingerprint density at radius 2 is 2.54 bits per heavy atom. The molecule has 1 heterocycles. The van der Waals surface area contributed by atoms with Gasteiger partial charge < -0.3 is 5.32 Å². The average molecular weight is 179 g/mol. The lowest BCUT2D eigenvalue weighted by atomic mass is 10.3. The molecule has 1 aromatic heterocycles. The van der Waals surface area contributed by atoms with Crippen molar-refractivity contribution in [2.45, 2.75) is 25.9 Å². The van der Waals surface area contributed by atoms with Gasteiger partial charge in [0.05, 0.1) is 12.6 Å². The summed E-state index contributed by atoms with van der Waals surface area (Å²) in [6.07, 6.45) is 4.10. The summed E-state index contributed by atoms with van der Waals surface area (Å²) in [6.45, 7) is 3.47. The highest BCUT2D eigenvalue weighted by Crippen LogP contribution is 1.88. The summed E-state index contributed by atoms with van der Waals surface area (Å²) in [4.78, 5) is 3.80. The van der Waals surface area contributed by atoms with Crippen molar-refractivity contribution >= 4 is 0 Å². The molecule has 1 aromatic rings. The third kappa shape index (κ3) is 3.22. The second-order valence-electron chi connectivity index (χ2n) is 2.75. The van der Waals surface area contributed by atoms with Crippen LogP contribution in [0.5, 0.6) is 0 Å². The van der Waals surface area contributed by atoms with Crippen LogP contribution in [0.1, 0.15) is 13.3 Å². The molecular formula is C8H13N5. The number of hydrogen-bond donors (Lipinski definition) is 1. The van der Waals surface area contributed by atoms with E-state index >= 15 is 0 Å². The molecule has 0 aliphatic carbocycles. The first-order chi connectivity index (χ1) is 6.36. The van der Waals surface area contributed by atoms with Crippen LogP contribution in [-0.2, 0) is 6.54 Å². The van der Waals surface area contributed by atoms with Crippen molar-refractivity contribution in [1.82, 2.24) is 20.1 Å². The van der Waals surface area contributed by atoms with Gasteiger partial charge in [0.15, 0.2) is 0 Å². The molecule has 5 nitrogen and oxygen atoms in total. The van der Waals surface area contributed by atoms with Gasteiger partial charge in [-0.2, -0.15) is 10.4 Å². The molecule has 0 fully saturated rings. The molecule has 13 heavy (non-hydrogen) atoms. The van der Waals surface area contributed by atoms with E-state index in [2.05, 4.69) is 28.4 Å². The lowest BCUT2D eigenvalue weighted by Crippen LogP contribution is -2.32. The predicted octanol–water partition coefficient (Wildman–Crippen LogP) is 0.170. The van der Waals surface area contributed by atoms with Gasteiger partial charge in [-0.25, -0.2) is 4.98 Å². The lowest BCUT2D eigenvalue weighted by Gasteiger charge is -2.09. The molecule has 5 heteroatoms. The summed E-state index contributed by atoms with van der Waals surface area (Å²) in [6, 6.07) is 2.00. The maximum atomic E-state index is 8.78. The monoisotopic (exact) mass is 179 g/mol. The molecule has 0 radical (unpaired) electrons. The van der Waals surface area contributed by atoms with Crippen LogP contribution in [0.25, 0.3) is 0 Å². The highest BCUT2D eigenvalue weighted by Gasteiger charge is 2.06. The fraction of sp³-hybridized carbons (Fsp3) is 0.625. The van der Waals surface area contributed by atoms with Crippen LogP contribution >= 0.6 is 0 Å². The highest BCUT2D eigenvalue weighted by atomic mass is 15.3. The van der Waals surface area contributed by atoms with E-state index in [0.717, 1.165) is 13.0 Å². The van der Waals surface area contributed by atoms with Crippen LogP contribution in [0.4, 0.5) is 0 Å². The van der Waals surface area contributed by atoms with Gasteiger partial charge in [0.2, 0.25) is 0 Å². The van der Waals surface area contributed by atoms with Gasteiger partial charge in [-0.15, -0.1) is 0 Å². The molecule has 0 aliphatic heterocycles. The summed E-state index contributed by atoms with van der Waals surface area (Å²) >= 11 is 0. The van der Waals surface area contributed by atoms with E-state index in [4.69, 9.17) is 5.26 Å². The standard InChI is InChI=1S/C8H13N5/c1-2-3-11-8(4-9)5-13-7-10-6-12-13/h6-8,11H,2-3,5H2,1H3. The summed E-state index contributed by atoms with van der Waals surface area (Å²) in [5.41, 5.74) is 0. The van der Waals surface area contributed by atoms with E-state index in [1.54, 1.807) is 11.0 Å². The maximum absolute atomic E-state index is 8.78. The van der Waals surface area contributed by atoms with Crippen LogP contribution in [0, 0.1) is 11.3 Å². The minimum Gasteiger partial charge on any atom is -0.300 e. The van der Waals surface area contributed by atoms with Crippen LogP contribution in [-0.4, -0.2) is 27.4 Å². The molecule has 0 spiro atoms. The molecule has 1 N–H and O–H groups in total. The summed E-state index contributed by atoms with van der Waals surface area (Å²) < 4.78 is 1.65. The minimum absolute atomic E-state index is 0.179. The Hall–Kier alpha value is -1.41. The molecule has 1 atom stereocenters. The van der Waals surface area contributed by atoms with E-state index in [1.807, 2.05) is 0 Å². The van der Waals surface area contributed by atoms with Gasteiger partial charge in [0, 0.05) is 0 Å². The van der Waals surface area contributed by atoms with Gasteiger partial charge in [-0.3, -0.25) is 4.68 Å². The number of aromatic nitrogens is 3. The Balaban J connectivity index is 2.37. The number of nitriles is 1. The van der Waals surface area contributed by atoms with E-state index in [-0.39, 0.29) is 6.04 Å². The number of nitrogens with zero attached hydrogens (tertiary/aromatic N) is 4. The number of nitrogens with one attached hydrogen (secondary N) is 1. The molecule has 1 rings (SSSR count). The zero-order chi connectivity index (χ0) is 9.52. The first-order valence-corrected chi connectivity index (χ1v) is 4.32. The van der Waals surface area contributed by atoms with Gasteiger partial charge in [-0.05, 0) is 13.0 Å². The Kier molecular flexibility index (Phi) is 3.93. The smallest absolute Gasteiger partial charge is 0.137 e. The predicted molar refractivity (Wildman–Crippen MR) is 47.7 cm³/mol. The van der Waals surface area contributed by atoms with Crippen molar-refractivity contribution in [2.24, 2.45) is 0 Å². The van der Waals surface area contributed by atoms with Gasteiger partial charge >= 0.3 is 0 Å². The Morgan fingerprint density at radius 1 is 1.69 bits per heavy atom. The fourth-order valence-electron chi connectivity index (χ4n) is 0.984. The van der Waals surface area contributed by atoms with Crippen molar-refractivity contribution in [3.63, 3.8) is 0 Å². The van der Waals surface area contributed by atoms with Crippen LogP contribution < -0.4 is 5.32 Å². The Bertz CT molecular complexity index is 261. The second kappa shape index (κ2) is 5.27. The van der Waals surface area contributed by atoms with Gasteiger partial charge in [0.25, 0.3) is 0 Å². The van der Waals surface area contributed by atoms with E-state index < -0.39 is 0 Å². The number of rotatable bonds is 5. The average Bonchev–Trinajstić information content (AvgIpc) is 2.64. The fourth-order valence-corrected chi connectivity index (χ4v) is 0.984. The number of hydrogen-bond acceptors (Lipinski definition) is 4. The van der Waals surface area contributed by atoms with Gasteiger partial charge in [0.1, 0.15) is 18.7 Å². The molecule has 0 aromatic carbocycles. The SMILES string of the molecule is CCCNC(C#N)Cn1cncn1. The Morgan fingerprint density at radius 3 is 3.08 bits per heavy atom. The minimum atomic E-state index is -0.179. The van der Waals surface area contributed by atoms with E-state index in [0.29, 0.717) is 6.54 Å². The molecular weight excluding hydrogens is 166 g/mol. The first kappa shape index (κ1) is 9.68. The molecule has 1 unspecified atom stereocenters. The van der Waals surface area contributed by atoms with Crippen LogP contribution in [0.15, 0.2) is 12.7 Å². The molecule has 70 valence electrons. The molecule has 0 bridgehead atoms. The normalized spacial score (nSPS) is 12.3. The van der Waals surface area contributed by atoms with Crippen molar-refractivity contribution in [1.29, 1.82) is 5.26 Å². The maximum Gasteiger partial charge on any atom is 0.137 e. The third-order valence-corrected chi connectivity index (χ3v) is 1.63. The van der Waals surface area contributed by atoms with E-state index in [1.165, 1.54) is 6.33 Å². The molecule has 0 saturated carbocycles. The van der Waals surface area contributed by atoms with Crippen LogP contribution in [0.2, 0.25) is 0 Å². The zero-order valence-corrected chi connectivity index (χ0v) is 7.64. The van der Waals surface area contributed by atoms with Gasteiger partial charge in [-0.1, -0.05) is 6.92 Å². The zero-order valence-electron chi connectivity index (χ0n) is 7.64. The second-order valence-corrected chi connectivity index (χ2v) is 2.75. The molecule has 0 aliphatic rings. The van der Waals surface area contributed by atoms with Crippen molar-refractivity contribution in [3.05, 3.63) is 12.7 Å². The summed E-state index contributed by atoms with van der Waals surface area (Å²) in [5, 5.41) is 15.8.